The quantitative estimate of drug-likeness (QED) is 0.885. The SMILES string of the molecule is CC(C)c1ccc(N2C[C@H](CC(=O)O)[C@H](c3cn(C)nn3)C2)nn1. The maximum absolute atomic E-state index is 11.2. The lowest BCUT2D eigenvalue weighted by Crippen LogP contribution is -2.22. The molecule has 1 aliphatic rings. The van der Waals surface area contributed by atoms with Crippen molar-refractivity contribution in [2.45, 2.75) is 32.1 Å². The van der Waals surface area contributed by atoms with Crippen LogP contribution in [-0.2, 0) is 11.8 Å². The molecule has 2 aromatic heterocycles. The predicted molar refractivity (Wildman–Crippen MR) is 87.8 cm³/mol. The molecular formula is C16H22N6O2. The fourth-order valence-electron chi connectivity index (χ4n) is 3.17. The smallest absolute Gasteiger partial charge is 0.303 e. The predicted octanol–water partition coefficient (Wildman–Crippen LogP) is 1.42. The van der Waals surface area contributed by atoms with Gasteiger partial charge < -0.3 is 10.0 Å². The maximum atomic E-state index is 11.2. The van der Waals surface area contributed by atoms with E-state index in [4.69, 9.17) is 0 Å². The van der Waals surface area contributed by atoms with Crippen molar-refractivity contribution >= 4 is 11.8 Å². The molecule has 128 valence electrons. The molecule has 0 spiro atoms. The molecule has 1 N–H and O–H groups in total. The average Bonchev–Trinajstić information content (AvgIpc) is 3.13. The minimum atomic E-state index is -0.794. The number of hydrogen-bond donors (Lipinski definition) is 1. The first-order valence-electron chi connectivity index (χ1n) is 8.10. The van der Waals surface area contributed by atoms with E-state index in [9.17, 15) is 9.90 Å². The second-order valence-electron chi connectivity index (χ2n) is 6.66. The van der Waals surface area contributed by atoms with Crippen LogP contribution in [0.25, 0.3) is 0 Å². The first-order valence-corrected chi connectivity index (χ1v) is 8.10. The van der Waals surface area contributed by atoms with Gasteiger partial charge in [-0.1, -0.05) is 19.1 Å². The zero-order valence-corrected chi connectivity index (χ0v) is 14.1. The number of anilines is 1. The Morgan fingerprint density at radius 1 is 1.29 bits per heavy atom. The molecule has 24 heavy (non-hydrogen) atoms. The lowest BCUT2D eigenvalue weighted by atomic mass is 9.91. The molecule has 3 rings (SSSR count). The van der Waals surface area contributed by atoms with E-state index in [-0.39, 0.29) is 18.3 Å². The van der Waals surface area contributed by atoms with Gasteiger partial charge in [0.15, 0.2) is 5.82 Å². The minimum Gasteiger partial charge on any atom is -0.481 e. The second-order valence-corrected chi connectivity index (χ2v) is 6.66. The highest BCUT2D eigenvalue weighted by molar-refractivity contribution is 5.67. The summed E-state index contributed by atoms with van der Waals surface area (Å²) in [7, 11) is 1.81. The van der Waals surface area contributed by atoms with Crippen LogP contribution in [0.5, 0.6) is 0 Å². The molecule has 8 heteroatoms. The van der Waals surface area contributed by atoms with Gasteiger partial charge in [-0.15, -0.1) is 10.2 Å². The van der Waals surface area contributed by atoms with Gasteiger partial charge in [-0.2, -0.15) is 5.10 Å². The average molecular weight is 330 g/mol. The molecule has 0 amide bonds. The highest BCUT2D eigenvalue weighted by Gasteiger charge is 2.37. The molecule has 0 saturated carbocycles. The molecule has 3 heterocycles. The van der Waals surface area contributed by atoms with E-state index in [1.165, 1.54) is 0 Å². The third kappa shape index (κ3) is 3.37. The Morgan fingerprint density at radius 3 is 2.62 bits per heavy atom. The number of carboxylic acid groups (broad SMARTS) is 1. The number of carboxylic acids is 1. The van der Waals surface area contributed by atoms with Crippen LogP contribution in [0.2, 0.25) is 0 Å². The van der Waals surface area contributed by atoms with Crippen LogP contribution >= 0.6 is 0 Å². The van der Waals surface area contributed by atoms with Crippen LogP contribution in [0.15, 0.2) is 18.3 Å². The number of nitrogens with zero attached hydrogens (tertiary/aromatic N) is 6. The summed E-state index contributed by atoms with van der Waals surface area (Å²) >= 11 is 0. The fraction of sp³-hybridized carbons (Fsp3) is 0.562. The Labute approximate surface area is 140 Å². The largest absolute Gasteiger partial charge is 0.481 e. The standard InChI is InChI=1S/C16H22N6O2/c1-10(2)13-4-5-15(19-17-13)22-7-11(6-16(23)24)12(8-22)14-9-21(3)20-18-14/h4-5,9-12H,6-8H2,1-3H3,(H,23,24)/t11-,12+/m0/s1. The summed E-state index contributed by atoms with van der Waals surface area (Å²) < 4.78 is 1.65. The van der Waals surface area contributed by atoms with E-state index in [1.54, 1.807) is 4.68 Å². The Hall–Kier alpha value is -2.51. The number of aromatic nitrogens is 5. The van der Waals surface area contributed by atoms with E-state index >= 15 is 0 Å². The van der Waals surface area contributed by atoms with Crippen molar-refractivity contribution in [1.82, 2.24) is 25.2 Å². The lowest BCUT2D eigenvalue weighted by Gasteiger charge is -2.17. The van der Waals surface area contributed by atoms with Crippen LogP contribution in [-0.4, -0.2) is 49.4 Å². The Morgan fingerprint density at radius 2 is 2.08 bits per heavy atom. The van der Waals surface area contributed by atoms with E-state index in [0.29, 0.717) is 19.0 Å². The van der Waals surface area contributed by atoms with Gasteiger partial charge in [0.05, 0.1) is 17.8 Å². The fourth-order valence-corrected chi connectivity index (χ4v) is 3.17. The Kier molecular flexibility index (Phi) is 4.46. The topological polar surface area (TPSA) is 97.0 Å². The van der Waals surface area contributed by atoms with Gasteiger partial charge in [0.2, 0.25) is 0 Å². The summed E-state index contributed by atoms with van der Waals surface area (Å²) in [5.74, 6) is 0.322. The molecule has 0 aromatic carbocycles. The zero-order valence-electron chi connectivity index (χ0n) is 14.1. The third-order valence-corrected chi connectivity index (χ3v) is 4.46. The number of carbonyl (C=O) groups is 1. The second kappa shape index (κ2) is 6.54. The summed E-state index contributed by atoms with van der Waals surface area (Å²) in [4.78, 5) is 13.3. The van der Waals surface area contributed by atoms with E-state index < -0.39 is 5.97 Å². The molecule has 1 saturated heterocycles. The highest BCUT2D eigenvalue weighted by atomic mass is 16.4. The summed E-state index contributed by atoms with van der Waals surface area (Å²) in [5, 5.41) is 26.0. The first-order chi connectivity index (χ1) is 11.4. The summed E-state index contributed by atoms with van der Waals surface area (Å²) in [6, 6.07) is 3.94. The molecule has 0 bridgehead atoms. The minimum absolute atomic E-state index is 0.0224. The van der Waals surface area contributed by atoms with Crippen molar-refractivity contribution < 1.29 is 9.90 Å². The number of hydrogen-bond acceptors (Lipinski definition) is 6. The van der Waals surface area contributed by atoms with Crippen LogP contribution in [0.1, 0.15) is 43.5 Å². The van der Waals surface area contributed by atoms with E-state index in [1.807, 2.05) is 25.4 Å². The molecule has 2 aromatic rings. The molecule has 1 fully saturated rings. The Bertz CT molecular complexity index is 712. The van der Waals surface area contributed by atoms with Crippen molar-refractivity contribution in [3.05, 3.63) is 29.7 Å². The van der Waals surface area contributed by atoms with Gasteiger partial charge in [-0.05, 0) is 24.0 Å². The number of aryl methyl sites for hydroxylation is 1. The zero-order chi connectivity index (χ0) is 17.3. The van der Waals surface area contributed by atoms with E-state index in [0.717, 1.165) is 17.2 Å². The maximum Gasteiger partial charge on any atom is 0.303 e. The van der Waals surface area contributed by atoms with E-state index in [2.05, 4.69) is 39.3 Å². The molecular weight excluding hydrogens is 308 g/mol. The van der Waals surface area contributed by atoms with Gasteiger partial charge in [-0.3, -0.25) is 9.48 Å². The molecule has 2 atom stereocenters. The number of aliphatic carboxylic acids is 1. The first kappa shape index (κ1) is 16.4. The molecule has 0 radical (unpaired) electrons. The van der Waals surface area contributed by atoms with Gasteiger partial charge in [-0.25, -0.2) is 0 Å². The molecule has 0 unspecified atom stereocenters. The lowest BCUT2D eigenvalue weighted by molar-refractivity contribution is -0.138. The van der Waals surface area contributed by atoms with Gasteiger partial charge in [0, 0.05) is 32.3 Å². The van der Waals surface area contributed by atoms with Crippen molar-refractivity contribution in [2.24, 2.45) is 13.0 Å². The normalized spacial score (nSPS) is 20.8. The summed E-state index contributed by atoms with van der Waals surface area (Å²) in [6.45, 7) is 5.45. The van der Waals surface area contributed by atoms with Gasteiger partial charge >= 0.3 is 5.97 Å². The molecule has 0 aliphatic carbocycles. The van der Waals surface area contributed by atoms with Crippen molar-refractivity contribution in [1.29, 1.82) is 0 Å². The van der Waals surface area contributed by atoms with Gasteiger partial charge in [0.1, 0.15) is 0 Å². The van der Waals surface area contributed by atoms with Crippen molar-refractivity contribution in [2.75, 3.05) is 18.0 Å². The molecule has 8 nitrogen and oxygen atoms in total. The summed E-state index contributed by atoms with van der Waals surface area (Å²) in [6.07, 6.45) is 1.96. The summed E-state index contributed by atoms with van der Waals surface area (Å²) in [5.41, 5.74) is 1.78. The third-order valence-electron chi connectivity index (χ3n) is 4.46. The van der Waals surface area contributed by atoms with Crippen LogP contribution in [0, 0.1) is 5.92 Å². The van der Waals surface area contributed by atoms with Crippen molar-refractivity contribution in [3.63, 3.8) is 0 Å². The van der Waals surface area contributed by atoms with Crippen molar-refractivity contribution in [3.8, 4) is 0 Å². The van der Waals surface area contributed by atoms with Crippen LogP contribution in [0.4, 0.5) is 5.82 Å². The molecule has 1 aliphatic heterocycles. The number of rotatable bonds is 5. The van der Waals surface area contributed by atoms with Gasteiger partial charge in [0.25, 0.3) is 0 Å². The highest BCUT2D eigenvalue weighted by Crippen LogP contribution is 2.35. The van der Waals surface area contributed by atoms with Crippen LogP contribution in [0.3, 0.4) is 0 Å². The Balaban J connectivity index is 1.82. The monoisotopic (exact) mass is 330 g/mol. The van der Waals surface area contributed by atoms with Crippen LogP contribution < -0.4 is 4.90 Å².